The molecule has 0 spiro atoms. The summed E-state index contributed by atoms with van der Waals surface area (Å²) in [5.74, 6) is 3.37. The monoisotopic (exact) mass is 649 g/mol. The molecule has 3 unspecified atom stereocenters. The zero-order chi connectivity index (χ0) is 32.8. The van der Waals surface area contributed by atoms with Crippen LogP contribution in [-0.4, -0.2) is 18.0 Å². The van der Waals surface area contributed by atoms with E-state index in [2.05, 4.69) is 62.5 Å². The number of unbranched alkanes of at least 4 members (excludes halogenated alkanes) is 18. The maximum Gasteiger partial charge on any atom is 0.169 e. The largest absolute Gasteiger partial charge is 0.344 e. The first kappa shape index (κ1) is 38.7. The van der Waals surface area contributed by atoms with Gasteiger partial charge in [-0.15, -0.1) is 0 Å². The van der Waals surface area contributed by atoms with E-state index in [0.29, 0.717) is 12.2 Å². The Labute approximate surface area is 292 Å². The van der Waals surface area contributed by atoms with Gasteiger partial charge in [-0.25, -0.2) is 0 Å². The van der Waals surface area contributed by atoms with Gasteiger partial charge in [-0.3, -0.25) is 0 Å². The second-order valence-corrected chi connectivity index (χ2v) is 15.9. The minimum absolute atomic E-state index is 0.256. The highest BCUT2D eigenvalue weighted by molar-refractivity contribution is 5.17. The second kappa shape index (κ2) is 23.3. The minimum atomic E-state index is -0.256. The molecule has 0 aromatic heterocycles. The zero-order valence-corrected chi connectivity index (χ0v) is 31.2. The number of ether oxygens (including phenoxy) is 2. The Morgan fingerprint density at radius 2 is 0.745 bits per heavy atom. The molecule has 4 fully saturated rings. The van der Waals surface area contributed by atoms with Crippen molar-refractivity contribution in [2.24, 2.45) is 23.7 Å². The summed E-state index contributed by atoms with van der Waals surface area (Å²) in [5, 5.41) is 0. The van der Waals surface area contributed by atoms with Crippen LogP contribution in [-0.2, 0) is 9.47 Å². The zero-order valence-electron chi connectivity index (χ0n) is 31.2. The van der Waals surface area contributed by atoms with E-state index in [4.69, 9.17) is 9.47 Å². The highest BCUT2D eigenvalue weighted by atomic mass is 16.8. The molecule has 4 aliphatic rings. The molecule has 1 saturated heterocycles. The number of rotatable bonds is 30. The SMILES string of the molecule is CCCCC/C=C\C/C=C\CCCCCCCCC1(CCCCCCCC/C=C\C/C=C\CCCCC)O[C@@H]2C3CC([C@@H]4CC34)[C@H]2O1. The Morgan fingerprint density at radius 1 is 0.404 bits per heavy atom. The number of hydrogen-bond donors (Lipinski definition) is 0. The van der Waals surface area contributed by atoms with Gasteiger partial charge in [0.25, 0.3) is 0 Å². The standard InChI is InChI=1S/C45H76O2/c1-3-5-7-9-11-13-15-17-19-21-23-25-27-29-31-33-35-45(46-43-41-38-42(44(43)47-45)40-37-39(40)41)36-34-32-30-28-26-24-22-20-18-16-14-12-10-8-6-4-2/h11-14,17-20,39-44H,3-10,15-16,21-38H2,1-2H3/b13-11-,14-12-,19-17-,20-18-/t39-,40?,41?,42?,43-,44-/m1/s1. The topological polar surface area (TPSA) is 18.5 Å². The van der Waals surface area contributed by atoms with Gasteiger partial charge in [-0.05, 0) is 114 Å². The molecule has 3 saturated carbocycles. The molecular weight excluding hydrogens is 572 g/mol. The van der Waals surface area contributed by atoms with E-state index in [-0.39, 0.29) is 5.79 Å². The molecule has 268 valence electrons. The molecule has 47 heavy (non-hydrogen) atoms. The molecule has 0 amide bonds. The molecule has 0 N–H and O–H groups in total. The smallest absolute Gasteiger partial charge is 0.169 e. The maximum absolute atomic E-state index is 7.01. The van der Waals surface area contributed by atoms with Crippen molar-refractivity contribution >= 4 is 0 Å². The van der Waals surface area contributed by atoms with E-state index in [9.17, 15) is 0 Å². The first-order chi connectivity index (χ1) is 23.3. The average molecular weight is 649 g/mol. The van der Waals surface area contributed by atoms with Crippen molar-refractivity contribution in [3.8, 4) is 0 Å². The van der Waals surface area contributed by atoms with Crippen molar-refractivity contribution in [1.29, 1.82) is 0 Å². The van der Waals surface area contributed by atoms with Crippen LogP contribution in [0.25, 0.3) is 0 Å². The van der Waals surface area contributed by atoms with Crippen LogP contribution in [0.2, 0.25) is 0 Å². The van der Waals surface area contributed by atoms with Gasteiger partial charge in [-0.1, -0.05) is 140 Å². The molecule has 0 aromatic carbocycles. The van der Waals surface area contributed by atoms with Gasteiger partial charge in [0.15, 0.2) is 5.79 Å². The fraction of sp³-hybridized carbons (Fsp3) is 0.822. The van der Waals surface area contributed by atoms with Crippen LogP contribution in [0.15, 0.2) is 48.6 Å². The molecule has 6 atom stereocenters. The lowest BCUT2D eigenvalue weighted by atomic mass is 9.95. The third-order valence-electron chi connectivity index (χ3n) is 11.9. The molecular formula is C45H76O2. The Kier molecular flexibility index (Phi) is 19.2. The van der Waals surface area contributed by atoms with Crippen LogP contribution in [0, 0.1) is 23.7 Å². The van der Waals surface area contributed by atoms with Gasteiger partial charge in [0, 0.05) is 12.8 Å². The molecule has 2 heteroatoms. The van der Waals surface area contributed by atoms with Gasteiger partial charge in [0.2, 0.25) is 0 Å². The lowest BCUT2D eigenvalue weighted by Crippen LogP contribution is -2.33. The van der Waals surface area contributed by atoms with Crippen molar-refractivity contribution in [2.45, 2.75) is 212 Å². The fourth-order valence-electron chi connectivity index (χ4n) is 9.09. The van der Waals surface area contributed by atoms with E-state index in [1.807, 2.05) is 0 Å². The molecule has 1 aliphatic heterocycles. The Bertz CT molecular complexity index is 841. The van der Waals surface area contributed by atoms with E-state index >= 15 is 0 Å². The van der Waals surface area contributed by atoms with Crippen molar-refractivity contribution in [3.63, 3.8) is 0 Å². The Morgan fingerprint density at radius 3 is 1.15 bits per heavy atom. The minimum Gasteiger partial charge on any atom is -0.344 e. The second-order valence-electron chi connectivity index (χ2n) is 15.9. The van der Waals surface area contributed by atoms with Gasteiger partial charge in [-0.2, -0.15) is 0 Å². The fourth-order valence-corrected chi connectivity index (χ4v) is 9.09. The lowest BCUT2D eigenvalue weighted by Gasteiger charge is -2.30. The van der Waals surface area contributed by atoms with E-state index < -0.39 is 0 Å². The normalized spacial score (nSPS) is 27.4. The van der Waals surface area contributed by atoms with E-state index in [1.54, 1.807) is 0 Å². The number of allylic oxidation sites excluding steroid dienone is 8. The Hall–Kier alpha value is -1.12. The predicted octanol–water partition coefficient (Wildman–Crippen LogP) is 14.2. The van der Waals surface area contributed by atoms with E-state index in [0.717, 1.165) is 49.4 Å². The number of hydrogen-bond acceptors (Lipinski definition) is 2. The molecule has 2 bridgehead atoms. The quantitative estimate of drug-likeness (QED) is 0.0570. The third kappa shape index (κ3) is 14.0. The van der Waals surface area contributed by atoms with Crippen molar-refractivity contribution in [1.82, 2.24) is 0 Å². The van der Waals surface area contributed by atoms with Crippen molar-refractivity contribution < 1.29 is 9.47 Å². The molecule has 0 radical (unpaired) electrons. The van der Waals surface area contributed by atoms with Crippen LogP contribution in [0.3, 0.4) is 0 Å². The predicted molar refractivity (Wildman–Crippen MR) is 204 cm³/mol. The van der Waals surface area contributed by atoms with Gasteiger partial charge in [0.1, 0.15) is 0 Å². The maximum atomic E-state index is 7.01. The summed E-state index contributed by atoms with van der Waals surface area (Å²) < 4.78 is 14.0. The summed E-state index contributed by atoms with van der Waals surface area (Å²) in [6.07, 6.45) is 56.3. The average Bonchev–Trinajstić information content (AvgIpc) is 3.51. The molecule has 3 aliphatic carbocycles. The summed E-state index contributed by atoms with van der Waals surface area (Å²) in [4.78, 5) is 0. The summed E-state index contributed by atoms with van der Waals surface area (Å²) in [7, 11) is 0. The van der Waals surface area contributed by atoms with Crippen LogP contribution >= 0.6 is 0 Å². The van der Waals surface area contributed by atoms with Gasteiger partial charge >= 0.3 is 0 Å². The molecule has 0 aromatic rings. The van der Waals surface area contributed by atoms with Crippen LogP contribution in [0.4, 0.5) is 0 Å². The molecule has 4 rings (SSSR count). The first-order valence-electron chi connectivity index (χ1n) is 21.2. The highest BCUT2D eigenvalue weighted by Crippen LogP contribution is 2.69. The van der Waals surface area contributed by atoms with Crippen LogP contribution < -0.4 is 0 Å². The van der Waals surface area contributed by atoms with E-state index in [1.165, 1.54) is 154 Å². The van der Waals surface area contributed by atoms with Gasteiger partial charge in [0.05, 0.1) is 12.2 Å². The summed E-state index contributed by atoms with van der Waals surface area (Å²) >= 11 is 0. The highest BCUT2D eigenvalue weighted by Gasteiger charge is 2.70. The van der Waals surface area contributed by atoms with Crippen LogP contribution in [0.5, 0.6) is 0 Å². The number of fused-ring (bicyclic) bond motifs is 8. The van der Waals surface area contributed by atoms with Crippen molar-refractivity contribution in [2.75, 3.05) is 0 Å². The Balaban J connectivity index is 1.02. The molecule has 2 nitrogen and oxygen atoms in total. The molecule has 1 heterocycles. The van der Waals surface area contributed by atoms with Gasteiger partial charge < -0.3 is 9.47 Å². The van der Waals surface area contributed by atoms with Crippen LogP contribution in [0.1, 0.15) is 194 Å². The summed E-state index contributed by atoms with van der Waals surface area (Å²) in [6, 6.07) is 0. The summed E-state index contributed by atoms with van der Waals surface area (Å²) in [5.41, 5.74) is 0. The van der Waals surface area contributed by atoms with Crippen molar-refractivity contribution in [3.05, 3.63) is 48.6 Å². The third-order valence-corrected chi connectivity index (χ3v) is 11.9. The lowest BCUT2D eigenvalue weighted by molar-refractivity contribution is -0.197. The summed E-state index contributed by atoms with van der Waals surface area (Å²) in [6.45, 7) is 4.55. The first-order valence-corrected chi connectivity index (χ1v) is 21.2.